The summed E-state index contributed by atoms with van der Waals surface area (Å²) in [6, 6.07) is 5.50. The molecule has 0 bridgehead atoms. The highest BCUT2D eigenvalue weighted by Crippen LogP contribution is 2.40. The van der Waals surface area contributed by atoms with E-state index in [1.165, 1.54) is 11.8 Å². The Morgan fingerprint density at radius 3 is 2.60 bits per heavy atom. The number of anilines is 4. The molecular formula is C28H39FN8O3. The molecule has 1 saturated heterocycles. The maximum atomic E-state index is 15.8. The summed E-state index contributed by atoms with van der Waals surface area (Å²) in [7, 11) is 5.29. The largest absolute Gasteiger partial charge is 0.495 e. The van der Waals surface area contributed by atoms with E-state index >= 15 is 4.39 Å². The van der Waals surface area contributed by atoms with Crippen molar-refractivity contribution in [3.63, 3.8) is 0 Å². The van der Waals surface area contributed by atoms with E-state index in [0.29, 0.717) is 34.5 Å². The Morgan fingerprint density at radius 1 is 1.20 bits per heavy atom. The van der Waals surface area contributed by atoms with Gasteiger partial charge in [-0.15, -0.1) is 0 Å². The number of methoxy groups -OCH3 is 1. The second kappa shape index (κ2) is 11.4. The summed E-state index contributed by atoms with van der Waals surface area (Å²) in [4.78, 5) is 28.0. The molecule has 1 aromatic carbocycles. The Labute approximate surface area is 234 Å². The fourth-order valence-corrected chi connectivity index (χ4v) is 5.97. The first-order valence-electron chi connectivity index (χ1n) is 13.9. The normalized spacial score (nSPS) is 23.7. The number of amidine groups is 1. The average molecular weight is 555 g/mol. The zero-order valence-corrected chi connectivity index (χ0v) is 23.7. The van der Waals surface area contributed by atoms with Crippen molar-refractivity contribution in [2.75, 3.05) is 56.0 Å². The number of alkyl halides is 1. The van der Waals surface area contributed by atoms with Gasteiger partial charge in [0, 0.05) is 24.7 Å². The van der Waals surface area contributed by atoms with Gasteiger partial charge in [-0.2, -0.15) is 4.98 Å². The van der Waals surface area contributed by atoms with Gasteiger partial charge in [0.1, 0.15) is 11.4 Å². The molecule has 1 atom stereocenters. The van der Waals surface area contributed by atoms with Crippen LogP contribution in [0, 0.1) is 0 Å². The molecule has 0 spiro atoms. The van der Waals surface area contributed by atoms with Crippen molar-refractivity contribution in [3.05, 3.63) is 30.0 Å². The van der Waals surface area contributed by atoms with E-state index in [0.717, 1.165) is 51.6 Å². The number of nitrogens with zero attached hydrogens (tertiary/aromatic N) is 6. The zero-order valence-electron chi connectivity index (χ0n) is 23.7. The number of aromatic nitrogens is 2. The van der Waals surface area contributed by atoms with Crippen molar-refractivity contribution >= 4 is 34.9 Å². The van der Waals surface area contributed by atoms with Crippen LogP contribution < -0.4 is 25.2 Å². The summed E-state index contributed by atoms with van der Waals surface area (Å²) >= 11 is 0. The van der Waals surface area contributed by atoms with Crippen LogP contribution in [0.15, 0.2) is 29.6 Å². The van der Waals surface area contributed by atoms with E-state index < -0.39 is 5.67 Å². The lowest BCUT2D eigenvalue weighted by atomic mass is 10.0. The number of fused-ring (bicyclic) bond motifs is 1. The molecular weight excluding hydrogens is 515 g/mol. The Bertz CT molecular complexity index is 1260. The van der Waals surface area contributed by atoms with Crippen LogP contribution in [0.25, 0.3) is 0 Å². The highest BCUT2D eigenvalue weighted by atomic mass is 19.1. The number of piperidine rings is 1. The minimum Gasteiger partial charge on any atom is -0.495 e. The smallest absolute Gasteiger partial charge is 0.251 e. The summed E-state index contributed by atoms with van der Waals surface area (Å²) in [6.45, 7) is 3.36. The molecule has 40 heavy (non-hydrogen) atoms. The molecule has 1 aliphatic carbocycles. The Balaban J connectivity index is 1.40. The summed E-state index contributed by atoms with van der Waals surface area (Å²) in [5, 5.41) is 19.3. The summed E-state index contributed by atoms with van der Waals surface area (Å²) in [6.07, 6.45) is 7.47. The monoisotopic (exact) mass is 554 g/mol. The van der Waals surface area contributed by atoms with E-state index in [1.807, 2.05) is 4.90 Å². The minimum atomic E-state index is -1.90. The number of nitrogens with one attached hydrogen (secondary N) is 2. The van der Waals surface area contributed by atoms with Crippen LogP contribution in [-0.2, 0) is 0 Å². The molecule has 1 saturated carbocycles. The fourth-order valence-electron chi connectivity index (χ4n) is 5.97. The van der Waals surface area contributed by atoms with Crippen LogP contribution in [0.4, 0.5) is 27.5 Å². The third-order valence-corrected chi connectivity index (χ3v) is 8.26. The lowest BCUT2D eigenvalue weighted by molar-refractivity contribution is 0.0916. The average Bonchev–Trinajstić information content (AvgIpc) is 3.46. The second-order valence-corrected chi connectivity index (χ2v) is 11.2. The van der Waals surface area contributed by atoms with Gasteiger partial charge in [-0.25, -0.2) is 9.37 Å². The Kier molecular flexibility index (Phi) is 7.97. The topological polar surface area (TPSA) is 118 Å². The highest BCUT2D eigenvalue weighted by Gasteiger charge is 2.44. The first kappa shape index (κ1) is 27.9. The van der Waals surface area contributed by atoms with Crippen LogP contribution >= 0.6 is 0 Å². The van der Waals surface area contributed by atoms with Crippen LogP contribution in [0.2, 0.25) is 0 Å². The molecule has 1 aromatic heterocycles. The zero-order chi connectivity index (χ0) is 28.4. The van der Waals surface area contributed by atoms with Gasteiger partial charge in [0.25, 0.3) is 5.91 Å². The molecule has 2 aliphatic heterocycles. The van der Waals surface area contributed by atoms with Gasteiger partial charge in [0.15, 0.2) is 17.3 Å². The van der Waals surface area contributed by atoms with Crippen LogP contribution in [-0.4, -0.2) is 90.4 Å². The molecule has 216 valence electrons. The van der Waals surface area contributed by atoms with Crippen LogP contribution in [0.1, 0.15) is 55.8 Å². The summed E-state index contributed by atoms with van der Waals surface area (Å²) in [5.41, 5.74) is -0.232. The predicted octanol–water partition coefficient (Wildman–Crippen LogP) is 3.77. The number of carbonyl (C=O) groups excluding carboxylic acids is 1. The molecule has 5 rings (SSSR count). The Morgan fingerprint density at radius 2 is 1.93 bits per heavy atom. The van der Waals surface area contributed by atoms with E-state index in [9.17, 15) is 10.0 Å². The summed E-state index contributed by atoms with van der Waals surface area (Å²) in [5.74, 6) is 1.13. The van der Waals surface area contributed by atoms with Crippen molar-refractivity contribution in [3.8, 4) is 5.75 Å². The van der Waals surface area contributed by atoms with Crippen molar-refractivity contribution in [2.24, 2.45) is 5.16 Å². The van der Waals surface area contributed by atoms with Gasteiger partial charge in [0.2, 0.25) is 5.95 Å². The number of halogens is 1. The number of amides is 1. The molecule has 3 heterocycles. The lowest BCUT2D eigenvalue weighted by Gasteiger charge is -2.32. The standard InChI is InChI=1S/C28H39FN8O3/c1-28(29)17-37(20-7-5-6-8-20)24-22(36(3)26(28)34-39)16-30-27(33-24)32-21-10-9-18(15-23(21)40-4)25(38)31-19-11-13-35(2)14-12-19/h9-10,15-16,19-20,39H,5-8,11-14,17H2,1-4H3,(H,31,38)(H,30,32,33). The van der Waals surface area contributed by atoms with E-state index in [2.05, 4.69) is 32.7 Å². The van der Waals surface area contributed by atoms with Crippen molar-refractivity contribution in [1.82, 2.24) is 20.2 Å². The Hall–Kier alpha value is -3.67. The first-order chi connectivity index (χ1) is 19.2. The molecule has 2 aromatic rings. The number of oxime groups is 1. The quantitative estimate of drug-likeness (QED) is 0.362. The number of rotatable bonds is 6. The number of benzene rings is 1. The van der Waals surface area contributed by atoms with E-state index in [-0.39, 0.29) is 30.4 Å². The molecule has 1 unspecified atom stereocenters. The van der Waals surface area contributed by atoms with Crippen molar-refractivity contribution < 1.29 is 19.1 Å². The number of hydrogen-bond donors (Lipinski definition) is 3. The summed E-state index contributed by atoms with van der Waals surface area (Å²) < 4.78 is 21.4. The van der Waals surface area contributed by atoms with Gasteiger partial charge in [-0.05, 0) is 70.9 Å². The number of hydrogen-bond acceptors (Lipinski definition) is 9. The molecule has 2 fully saturated rings. The molecule has 3 N–H and O–H groups in total. The molecule has 11 nitrogen and oxygen atoms in total. The van der Waals surface area contributed by atoms with E-state index in [4.69, 9.17) is 9.72 Å². The molecule has 3 aliphatic rings. The molecule has 12 heteroatoms. The van der Waals surface area contributed by atoms with Gasteiger partial charge in [0.05, 0.1) is 25.5 Å². The highest BCUT2D eigenvalue weighted by molar-refractivity contribution is 6.06. The maximum Gasteiger partial charge on any atom is 0.251 e. The fraction of sp³-hybridized carbons (Fsp3) is 0.571. The number of carbonyl (C=O) groups is 1. The SMILES string of the molecule is COc1cc(C(=O)NC2CCN(C)CC2)ccc1Nc1ncc2c(n1)N(C1CCCC1)CC(C)(F)C(=NO)N2C. The van der Waals surface area contributed by atoms with Crippen LogP contribution in [0.5, 0.6) is 5.75 Å². The van der Waals surface area contributed by atoms with Gasteiger partial charge >= 0.3 is 0 Å². The molecule has 1 amide bonds. The number of likely N-dealkylation sites (tertiary alicyclic amines) is 1. The van der Waals surface area contributed by atoms with Gasteiger partial charge < -0.3 is 35.3 Å². The van der Waals surface area contributed by atoms with Gasteiger partial charge in [-0.3, -0.25) is 4.79 Å². The number of ether oxygens (including phenoxy) is 1. The van der Waals surface area contributed by atoms with Crippen molar-refractivity contribution in [1.29, 1.82) is 0 Å². The second-order valence-electron chi connectivity index (χ2n) is 11.2. The van der Waals surface area contributed by atoms with Gasteiger partial charge in [-0.1, -0.05) is 18.0 Å². The lowest BCUT2D eigenvalue weighted by Crippen LogP contribution is -2.49. The first-order valence-corrected chi connectivity index (χ1v) is 13.9. The maximum absolute atomic E-state index is 15.8. The molecule has 0 radical (unpaired) electrons. The third-order valence-electron chi connectivity index (χ3n) is 8.26. The van der Waals surface area contributed by atoms with Crippen LogP contribution in [0.3, 0.4) is 0 Å². The predicted molar refractivity (Wildman–Crippen MR) is 153 cm³/mol. The van der Waals surface area contributed by atoms with E-state index in [1.54, 1.807) is 38.6 Å². The minimum absolute atomic E-state index is 0.00919. The van der Waals surface area contributed by atoms with Crippen molar-refractivity contribution in [2.45, 2.75) is 63.2 Å². The third kappa shape index (κ3) is 5.63.